The van der Waals surface area contributed by atoms with Gasteiger partial charge in [-0.3, -0.25) is 14.4 Å². The summed E-state index contributed by atoms with van der Waals surface area (Å²) in [6.45, 7) is 6.18. The first-order valence-corrected chi connectivity index (χ1v) is 13.1. The number of methoxy groups -OCH3 is 1. The third-order valence-electron chi connectivity index (χ3n) is 7.18. The molecule has 2 heterocycles. The Kier molecular flexibility index (Phi) is 7.46. The minimum atomic E-state index is -1.12. The van der Waals surface area contributed by atoms with Gasteiger partial charge in [0.05, 0.1) is 18.9 Å². The van der Waals surface area contributed by atoms with Crippen LogP contribution < -0.4 is 21.1 Å². The van der Waals surface area contributed by atoms with Gasteiger partial charge in [0.25, 0.3) is 11.8 Å². The number of ether oxygens (including phenoxy) is 1. The minimum absolute atomic E-state index is 0.114. The van der Waals surface area contributed by atoms with Crippen molar-refractivity contribution in [2.45, 2.75) is 38.9 Å². The van der Waals surface area contributed by atoms with Gasteiger partial charge in [0.15, 0.2) is 11.6 Å². The molecule has 0 saturated heterocycles. The molecule has 5 rings (SSSR count). The van der Waals surface area contributed by atoms with Gasteiger partial charge in [-0.05, 0) is 55.2 Å². The number of Topliss-reactive ketones (excluding diaryl/α,β-unsaturated/α-hetero) is 1. The van der Waals surface area contributed by atoms with E-state index in [1.165, 1.54) is 24.7 Å². The van der Waals surface area contributed by atoms with Gasteiger partial charge in [-0.2, -0.15) is 5.10 Å². The van der Waals surface area contributed by atoms with E-state index in [4.69, 9.17) is 15.6 Å². The second-order valence-corrected chi connectivity index (χ2v) is 10.1. The minimum Gasteiger partial charge on any atom is -0.496 e. The van der Waals surface area contributed by atoms with E-state index in [-0.39, 0.29) is 53.4 Å². The maximum absolute atomic E-state index is 13.3. The molecule has 0 bridgehead atoms. The predicted molar refractivity (Wildman–Crippen MR) is 154 cm³/mol. The molecule has 2 aromatic heterocycles. The highest BCUT2D eigenvalue weighted by Gasteiger charge is 2.31. The SMILES string of the molecule is C=C(F)C(=O)Nc1ccc(-c2nn3c(C(C)=O)cnc(N)c3c2-c2ccc(C(=O)NC3CC(F)C3)c(OC)c2)c(C)c1. The molecule has 12 heteroatoms. The number of carbonyl (C=O) groups excluding carboxylic acids is 3. The van der Waals surface area contributed by atoms with Gasteiger partial charge >= 0.3 is 0 Å². The lowest BCUT2D eigenvalue weighted by Gasteiger charge is -2.30. The summed E-state index contributed by atoms with van der Waals surface area (Å²) < 4.78 is 33.5. The number of hydrogen-bond donors (Lipinski definition) is 3. The van der Waals surface area contributed by atoms with Crippen LogP contribution in [0.2, 0.25) is 0 Å². The number of ketones is 1. The first kappa shape index (κ1) is 28.4. The molecular formula is C30H28F2N6O4. The third-order valence-corrected chi connectivity index (χ3v) is 7.18. The van der Waals surface area contributed by atoms with Crippen LogP contribution in [0.1, 0.15) is 46.2 Å². The Balaban J connectivity index is 1.67. The zero-order valence-corrected chi connectivity index (χ0v) is 23.1. The second kappa shape index (κ2) is 11.0. The van der Waals surface area contributed by atoms with Crippen LogP contribution >= 0.6 is 0 Å². The van der Waals surface area contributed by atoms with Crippen LogP contribution in [0.4, 0.5) is 20.3 Å². The number of benzene rings is 2. The summed E-state index contributed by atoms with van der Waals surface area (Å²) in [7, 11) is 1.43. The number of carbonyl (C=O) groups is 3. The molecule has 42 heavy (non-hydrogen) atoms. The molecule has 1 fully saturated rings. The molecule has 2 amide bonds. The number of alkyl halides is 1. The summed E-state index contributed by atoms with van der Waals surface area (Å²) in [5.74, 6) is -2.38. The van der Waals surface area contributed by atoms with Gasteiger partial charge in [0.2, 0.25) is 0 Å². The van der Waals surface area contributed by atoms with Gasteiger partial charge in [-0.25, -0.2) is 18.3 Å². The van der Waals surface area contributed by atoms with Crippen molar-refractivity contribution in [1.29, 1.82) is 0 Å². The maximum Gasteiger partial charge on any atom is 0.283 e. The average molecular weight is 575 g/mol. The summed E-state index contributed by atoms with van der Waals surface area (Å²) in [4.78, 5) is 41.5. The van der Waals surface area contributed by atoms with Gasteiger partial charge in [-0.1, -0.05) is 18.7 Å². The lowest BCUT2D eigenvalue weighted by Crippen LogP contribution is -2.45. The molecule has 0 atom stereocenters. The van der Waals surface area contributed by atoms with Gasteiger partial charge < -0.3 is 21.1 Å². The number of nitrogens with zero attached hydrogens (tertiary/aromatic N) is 3. The Bertz CT molecular complexity index is 1780. The van der Waals surface area contributed by atoms with Gasteiger partial charge in [-0.15, -0.1) is 0 Å². The highest BCUT2D eigenvalue weighted by atomic mass is 19.1. The molecule has 2 aromatic carbocycles. The lowest BCUT2D eigenvalue weighted by atomic mass is 9.90. The molecule has 0 radical (unpaired) electrons. The molecule has 0 aliphatic heterocycles. The van der Waals surface area contributed by atoms with E-state index in [0.29, 0.717) is 39.2 Å². The van der Waals surface area contributed by atoms with E-state index in [9.17, 15) is 23.2 Å². The Morgan fingerprint density at radius 1 is 1.17 bits per heavy atom. The molecule has 216 valence electrons. The summed E-state index contributed by atoms with van der Waals surface area (Å²) >= 11 is 0. The fourth-order valence-corrected chi connectivity index (χ4v) is 4.95. The maximum atomic E-state index is 13.3. The van der Waals surface area contributed by atoms with Gasteiger partial charge in [0.1, 0.15) is 34.6 Å². The molecule has 0 unspecified atom stereocenters. The van der Waals surface area contributed by atoms with Crippen LogP contribution in [-0.4, -0.2) is 51.5 Å². The van der Waals surface area contributed by atoms with E-state index in [0.717, 1.165) is 0 Å². The lowest BCUT2D eigenvalue weighted by molar-refractivity contribution is -0.114. The molecule has 1 aliphatic carbocycles. The van der Waals surface area contributed by atoms with Crippen molar-refractivity contribution in [3.8, 4) is 28.1 Å². The molecular weight excluding hydrogens is 546 g/mol. The van der Waals surface area contributed by atoms with Crippen LogP contribution in [-0.2, 0) is 4.79 Å². The van der Waals surface area contributed by atoms with E-state index in [1.54, 1.807) is 43.3 Å². The van der Waals surface area contributed by atoms with Crippen molar-refractivity contribution in [2.24, 2.45) is 0 Å². The summed E-state index contributed by atoms with van der Waals surface area (Å²) in [6.07, 6.45) is 0.973. The quantitative estimate of drug-likeness (QED) is 0.202. The number of hydrogen-bond acceptors (Lipinski definition) is 7. The second-order valence-electron chi connectivity index (χ2n) is 10.1. The molecule has 10 nitrogen and oxygen atoms in total. The van der Waals surface area contributed by atoms with Crippen LogP contribution in [0.3, 0.4) is 0 Å². The molecule has 1 aliphatic rings. The average Bonchev–Trinajstić information content (AvgIpc) is 3.32. The van der Waals surface area contributed by atoms with Crippen molar-refractivity contribution in [3.63, 3.8) is 0 Å². The number of aromatic nitrogens is 3. The fraction of sp³-hybridized carbons (Fsp3) is 0.233. The first-order valence-electron chi connectivity index (χ1n) is 13.1. The number of halogens is 2. The topological polar surface area (TPSA) is 141 Å². The van der Waals surface area contributed by atoms with E-state index >= 15 is 0 Å². The predicted octanol–water partition coefficient (Wildman–Crippen LogP) is 4.82. The number of aryl methyl sites for hydroxylation is 1. The van der Waals surface area contributed by atoms with Crippen molar-refractivity contribution in [3.05, 3.63) is 71.8 Å². The molecule has 1 saturated carbocycles. The van der Waals surface area contributed by atoms with Crippen molar-refractivity contribution < 1.29 is 27.9 Å². The monoisotopic (exact) mass is 574 g/mol. The Hall–Kier alpha value is -5.13. The Labute approximate surface area is 239 Å². The number of rotatable bonds is 8. The normalized spacial score (nSPS) is 16.0. The smallest absolute Gasteiger partial charge is 0.283 e. The van der Waals surface area contributed by atoms with E-state index in [1.807, 2.05) is 0 Å². The fourth-order valence-electron chi connectivity index (χ4n) is 4.95. The van der Waals surface area contributed by atoms with Crippen molar-refractivity contribution >= 4 is 34.6 Å². The summed E-state index contributed by atoms with van der Waals surface area (Å²) in [5, 5.41) is 10.0. The zero-order chi connectivity index (χ0) is 30.3. The summed E-state index contributed by atoms with van der Waals surface area (Å²) in [5.41, 5.74) is 10.3. The van der Waals surface area contributed by atoms with Crippen LogP contribution in [0.15, 0.2) is 55.0 Å². The Morgan fingerprint density at radius 2 is 1.90 bits per heavy atom. The third kappa shape index (κ3) is 5.18. The number of nitrogens with one attached hydrogen (secondary N) is 2. The number of nitrogens with two attached hydrogens (primary N) is 1. The van der Waals surface area contributed by atoms with Crippen molar-refractivity contribution in [2.75, 3.05) is 18.2 Å². The van der Waals surface area contributed by atoms with Crippen LogP contribution in [0, 0.1) is 6.92 Å². The highest BCUT2D eigenvalue weighted by molar-refractivity contribution is 6.04. The van der Waals surface area contributed by atoms with Crippen LogP contribution in [0.5, 0.6) is 5.75 Å². The molecule has 0 spiro atoms. The zero-order valence-electron chi connectivity index (χ0n) is 23.1. The van der Waals surface area contributed by atoms with Crippen molar-refractivity contribution in [1.82, 2.24) is 19.9 Å². The number of fused-ring (bicyclic) bond motifs is 1. The highest BCUT2D eigenvalue weighted by Crippen LogP contribution is 2.41. The number of amides is 2. The number of anilines is 2. The van der Waals surface area contributed by atoms with E-state index < -0.39 is 17.9 Å². The van der Waals surface area contributed by atoms with Crippen LogP contribution in [0.25, 0.3) is 27.9 Å². The standard InChI is InChI=1S/C30H28F2N6O4/c1-14-9-19(35-29(40)15(2)31)6-8-21(14)26-25(27-28(33)34-13-23(16(3)39)38(27)37-26)17-5-7-22(24(10-17)42-4)30(41)36-20-11-18(32)12-20/h5-10,13,18,20H,2,11-12H2,1,3-4H3,(H2,33,34)(H,35,40)(H,36,41). The first-order chi connectivity index (χ1) is 20.0. The Morgan fingerprint density at radius 3 is 2.52 bits per heavy atom. The molecule has 4 N–H and O–H groups in total. The van der Waals surface area contributed by atoms with Gasteiger partial charge in [0, 0.05) is 29.8 Å². The van der Waals surface area contributed by atoms with E-state index in [2.05, 4.69) is 22.2 Å². The largest absolute Gasteiger partial charge is 0.496 e. The number of nitrogen functional groups attached to an aromatic ring is 1. The molecule has 4 aromatic rings. The summed E-state index contributed by atoms with van der Waals surface area (Å²) in [6, 6.07) is 9.64.